The van der Waals surface area contributed by atoms with Gasteiger partial charge in [-0.3, -0.25) is 0 Å². The second kappa shape index (κ2) is 7.41. The summed E-state index contributed by atoms with van der Waals surface area (Å²) < 4.78 is 5.73. The van der Waals surface area contributed by atoms with Crippen molar-refractivity contribution >= 4 is 11.3 Å². The largest absolute Gasteiger partial charge is 0.487 e. The molecule has 1 N–H and O–H groups in total. The molecule has 1 heterocycles. The number of rotatable bonds is 7. The molecule has 0 aliphatic heterocycles. The quantitative estimate of drug-likeness (QED) is 0.847. The Morgan fingerprint density at radius 1 is 1.30 bits per heavy atom. The average molecular weight is 291 g/mol. The van der Waals surface area contributed by atoms with Gasteiger partial charge in [0.25, 0.3) is 0 Å². The van der Waals surface area contributed by atoms with Crippen LogP contribution in [0.15, 0.2) is 29.6 Å². The number of aryl methyl sites for hydroxylation is 2. The molecule has 0 aliphatic carbocycles. The van der Waals surface area contributed by atoms with Crippen LogP contribution in [0.1, 0.15) is 36.5 Å². The molecule has 1 aromatic heterocycles. The fourth-order valence-corrected chi connectivity index (χ4v) is 2.59. The van der Waals surface area contributed by atoms with Gasteiger partial charge in [0.15, 0.2) is 0 Å². The zero-order valence-corrected chi connectivity index (χ0v) is 12.8. The van der Waals surface area contributed by atoms with Gasteiger partial charge in [-0.25, -0.2) is 4.98 Å². The van der Waals surface area contributed by atoms with Gasteiger partial charge in [-0.15, -0.1) is 11.3 Å². The lowest BCUT2D eigenvalue weighted by molar-refractivity contribution is 0.185. The van der Waals surface area contributed by atoms with Crippen molar-refractivity contribution in [3.8, 4) is 5.75 Å². The molecule has 2 rings (SSSR count). The van der Waals surface area contributed by atoms with E-state index >= 15 is 0 Å². The number of benzene rings is 1. The highest BCUT2D eigenvalue weighted by molar-refractivity contribution is 7.09. The van der Waals surface area contributed by atoms with Crippen molar-refractivity contribution in [3.05, 3.63) is 45.9 Å². The van der Waals surface area contributed by atoms with Crippen molar-refractivity contribution in [1.29, 1.82) is 0 Å². The Labute approximate surface area is 124 Å². The lowest BCUT2D eigenvalue weighted by Gasteiger charge is -2.07. The molecular formula is C16H21NO2S. The van der Waals surface area contributed by atoms with Gasteiger partial charge in [0.2, 0.25) is 0 Å². The first kappa shape index (κ1) is 15.0. The van der Waals surface area contributed by atoms with Crippen LogP contribution in [0.4, 0.5) is 0 Å². The number of nitrogens with zero attached hydrogens (tertiary/aromatic N) is 1. The van der Waals surface area contributed by atoms with Crippen LogP contribution in [0.2, 0.25) is 0 Å². The fourth-order valence-electron chi connectivity index (χ4n) is 1.86. The monoisotopic (exact) mass is 291 g/mol. The van der Waals surface area contributed by atoms with E-state index in [-0.39, 0.29) is 6.10 Å². The first-order chi connectivity index (χ1) is 9.67. The normalized spacial score (nSPS) is 12.3. The Kier molecular flexibility index (Phi) is 5.56. The average Bonchev–Trinajstić information content (AvgIpc) is 2.92. The summed E-state index contributed by atoms with van der Waals surface area (Å²) >= 11 is 1.68. The molecule has 0 radical (unpaired) electrons. The van der Waals surface area contributed by atoms with Gasteiger partial charge in [-0.1, -0.05) is 19.1 Å². The second-order valence-electron chi connectivity index (χ2n) is 4.91. The fraction of sp³-hybridized carbons (Fsp3) is 0.438. The molecule has 0 aliphatic rings. The van der Waals surface area contributed by atoms with Crippen molar-refractivity contribution < 1.29 is 9.84 Å². The van der Waals surface area contributed by atoms with E-state index in [0.29, 0.717) is 6.61 Å². The highest BCUT2D eigenvalue weighted by Crippen LogP contribution is 2.17. The highest BCUT2D eigenvalue weighted by Gasteiger charge is 2.02. The van der Waals surface area contributed by atoms with Crippen LogP contribution in [0.25, 0.3) is 0 Å². The van der Waals surface area contributed by atoms with Gasteiger partial charge in [-0.05, 0) is 43.9 Å². The van der Waals surface area contributed by atoms with E-state index in [1.807, 2.05) is 19.1 Å². The number of aliphatic hydroxyl groups is 1. The SMILES string of the molecule is CCc1nc(COc2ccc(CCC(C)O)cc2)cs1. The molecule has 4 heteroatoms. The summed E-state index contributed by atoms with van der Waals surface area (Å²) in [4.78, 5) is 4.48. The van der Waals surface area contributed by atoms with Crippen molar-refractivity contribution in [2.45, 2.75) is 45.8 Å². The Morgan fingerprint density at radius 3 is 2.65 bits per heavy atom. The zero-order chi connectivity index (χ0) is 14.4. The van der Waals surface area contributed by atoms with E-state index in [9.17, 15) is 5.11 Å². The van der Waals surface area contributed by atoms with Crippen molar-refractivity contribution in [2.24, 2.45) is 0 Å². The van der Waals surface area contributed by atoms with Crippen LogP contribution in [-0.2, 0) is 19.4 Å². The molecule has 0 spiro atoms. The van der Waals surface area contributed by atoms with Crippen molar-refractivity contribution in [3.63, 3.8) is 0 Å². The number of ether oxygens (including phenoxy) is 1. The van der Waals surface area contributed by atoms with Gasteiger partial charge in [0, 0.05) is 5.38 Å². The maximum Gasteiger partial charge on any atom is 0.131 e. The van der Waals surface area contributed by atoms with Crippen LogP contribution in [0, 0.1) is 0 Å². The molecule has 0 saturated heterocycles. The van der Waals surface area contributed by atoms with Crippen LogP contribution >= 0.6 is 11.3 Å². The Hall–Kier alpha value is -1.39. The van der Waals surface area contributed by atoms with E-state index in [1.54, 1.807) is 11.3 Å². The number of thiazole rings is 1. The van der Waals surface area contributed by atoms with Gasteiger partial charge in [0.1, 0.15) is 12.4 Å². The Balaban J connectivity index is 1.84. The lowest BCUT2D eigenvalue weighted by Crippen LogP contribution is -2.01. The minimum atomic E-state index is -0.247. The predicted octanol–water partition coefficient (Wildman–Crippen LogP) is 3.60. The van der Waals surface area contributed by atoms with Crippen LogP contribution < -0.4 is 4.74 Å². The molecule has 0 amide bonds. The maximum absolute atomic E-state index is 9.27. The Morgan fingerprint density at radius 2 is 2.05 bits per heavy atom. The molecule has 20 heavy (non-hydrogen) atoms. The smallest absolute Gasteiger partial charge is 0.131 e. The summed E-state index contributed by atoms with van der Waals surface area (Å²) in [6.45, 7) is 4.44. The van der Waals surface area contributed by atoms with Gasteiger partial charge < -0.3 is 9.84 Å². The first-order valence-electron chi connectivity index (χ1n) is 7.00. The van der Waals surface area contributed by atoms with Crippen LogP contribution in [0.3, 0.4) is 0 Å². The number of aliphatic hydroxyl groups excluding tert-OH is 1. The third-order valence-electron chi connectivity index (χ3n) is 3.06. The van der Waals surface area contributed by atoms with Crippen molar-refractivity contribution in [2.75, 3.05) is 0 Å². The summed E-state index contributed by atoms with van der Waals surface area (Å²) in [5.41, 5.74) is 2.21. The molecule has 1 atom stereocenters. The van der Waals surface area contributed by atoms with Crippen LogP contribution in [0.5, 0.6) is 5.75 Å². The van der Waals surface area contributed by atoms with E-state index in [4.69, 9.17) is 4.74 Å². The minimum Gasteiger partial charge on any atom is -0.487 e. The first-order valence-corrected chi connectivity index (χ1v) is 7.88. The molecule has 0 fully saturated rings. The van der Waals surface area contributed by atoms with Crippen molar-refractivity contribution in [1.82, 2.24) is 4.98 Å². The minimum absolute atomic E-state index is 0.247. The highest BCUT2D eigenvalue weighted by atomic mass is 32.1. The molecule has 1 unspecified atom stereocenters. The number of aromatic nitrogens is 1. The molecule has 108 valence electrons. The van der Waals surface area contributed by atoms with E-state index in [1.165, 1.54) is 5.56 Å². The second-order valence-corrected chi connectivity index (χ2v) is 5.85. The zero-order valence-electron chi connectivity index (χ0n) is 12.0. The van der Waals surface area contributed by atoms with E-state index < -0.39 is 0 Å². The molecule has 0 saturated carbocycles. The molecular weight excluding hydrogens is 270 g/mol. The Bertz CT molecular complexity index is 520. The van der Waals surface area contributed by atoms with Gasteiger partial charge >= 0.3 is 0 Å². The van der Waals surface area contributed by atoms with Gasteiger partial charge in [0.05, 0.1) is 16.8 Å². The molecule has 3 nitrogen and oxygen atoms in total. The maximum atomic E-state index is 9.27. The van der Waals surface area contributed by atoms with E-state index in [0.717, 1.165) is 35.7 Å². The number of hydrogen-bond acceptors (Lipinski definition) is 4. The summed E-state index contributed by atoms with van der Waals surface area (Å²) in [7, 11) is 0. The summed E-state index contributed by atoms with van der Waals surface area (Å²) in [5.74, 6) is 0.858. The third-order valence-corrected chi connectivity index (χ3v) is 4.10. The molecule has 0 bridgehead atoms. The topological polar surface area (TPSA) is 42.4 Å². The van der Waals surface area contributed by atoms with Crippen LogP contribution in [-0.4, -0.2) is 16.2 Å². The lowest BCUT2D eigenvalue weighted by atomic mass is 10.1. The predicted molar refractivity (Wildman–Crippen MR) is 82.3 cm³/mol. The summed E-state index contributed by atoms with van der Waals surface area (Å²) in [5, 5.41) is 12.5. The summed E-state index contributed by atoms with van der Waals surface area (Å²) in [6, 6.07) is 8.06. The standard InChI is InChI=1S/C16H21NO2S/c1-3-16-17-14(11-20-16)10-19-15-8-6-13(7-9-15)5-4-12(2)18/h6-9,11-12,18H,3-5,10H2,1-2H3. The molecule has 1 aromatic carbocycles. The molecule has 2 aromatic rings. The van der Waals surface area contributed by atoms with Gasteiger partial charge in [-0.2, -0.15) is 0 Å². The summed E-state index contributed by atoms with van der Waals surface area (Å²) in [6.07, 6.45) is 2.41. The number of hydrogen-bond donors (Lipinski definition) is 1. The third kappa shape index (κ3) is 4.62. The van der Waals surface area contributed by atoms with E-state index in [2.05, 4.69) is 29.4 Å².